The quantitative estimate of drug-likeness (QED) is 0.513. The first kappa shape index (κ1) is 16.8. The lowest BCUT2D eigenvalue weighted by molar-refractivity contribution is 0.344. The van der Waals surface area contributed by atoms with Crippen LogP contribution in [0.15, 0.2) is 0 Å². The molecule has 6 nitrogen and oxygen atoms in total. The highest BCUT2D eigenvalue weighted by atomic mass is 16.6. The van der Waals surface area contributed by atoms with Crippen molar-refractivity contribution in [3.63, 3.8) is 0 Å². The number of hydrogen-bond acceptors (Lipinski definition) is 6. The van der Waals surface area contributed by atoms with Crippen LogP contribution < -0.4 is 11.5 Å². The Bertz CT molecular complexity index is 692. The van der Waals surface area contributed by atoms with Crippen molar-refractivity contribution in [2.24, 2.45) is 0 Å². The molecule has 26 heavy (non-hydrogen) atoms. The summed E-state index contributed by atoms with van der Waals surface area (Å²) in [6.07, 6.45) is 5.13. The van der Waals surface area contributed by atoms with Gasteiger partial charge in [-0.1, -0.05) is 0 Å². The van der Waals surface area contributed by atoms with E-state index in [1.165, 1.54) is 16.7 Å². The maximum atomic E-state index is 6.61. The van der Waals surface area contributed by atoms with Crippen LogP contribution in [0.1, 0.15) is 41.0 Å². The van der Waals surface area contributed by atoms with E-state index in [0.29, 0.717) is 30.3 Å². The maximum absolute atomic E-state index is 6.61. The van der Waals surface area contributed by atoms with Crippen molar-refractivity contribution >= 4 is 11.4 Å². The zero-order chi connectivity index (χ0) is 17.8. The second-order valence-corrected chi connectivity index (χ2v) is 8.22. The number of epoxide rings is 4. The Morgan fingerprint density at radius 2 is 1.23 bits per heavy atom. The number of nitrogens with two attached hydrogens (primary N) is 2. The third-order valence-electron chi connectivity index (χ3n) is 6.10. The Hall–Kier alpha value is -1.34. The maximum Gasteiger partial charge on any atom is 0.0850 e. The third-order valence-corrected chi connectivity index (χ3v) is 6.10. The Morgan fingerprint density at radius 1 is 0.769 bits per heavy atom. The van der Waals surface area contributed by atoms with E-state index in [1.807, 2.05) is 0 Å². The lowest BCUT2D eigenvalue weighted by Crippen LogP contribution is -2.18. The van der Waals surface area contributed by atoms with Gasteiger partial charge in [0.1, 0.15) is 0 Å². The second kappa shape index (κ2) is 6.37. The van der Waals surface area contributed by atoms with Crippen LogP contribution >= 0.6 is 0 Å². The standard InChI is InChI=1S/C20H28N2O4/c1-10-16(4-14-8-25-14)17(5-15-9-26-15)18(20(22)19(10)21)11(2-12-6-23-12)3-13-7-24-13/h11-15H,2-9,21-22H2,1H3. The molecule has 4 N–H and O–H groups in total. The fourth-order valence-electron chi connectivity index (χ4n) is 4.24. The van der Waals surface area contributed by atoms with Gasteiger partial charge >= 0.3 is 0 Å². The summed E-state index contributed by atoms with van der Waals surface area (Å²) in [4.78, 5) is 0. The number of nitrogen functional groups attached to an aromatic ring is 2. The highest BCUT2D eigenvalue weighted by Crippen LogP contribution is 2.45. The molecule has 0 radical (unpaired) electrons. The van der Waals surface area contributed by atoms with E-state index in [9.17, 15) is 0 Å². The lowest BCUT2D eigenvalue weighted by atomic mass is 9.79. The molecule has 142 valence electrons. The van der Waals surface area contributed by atoms with Gasteiger partial charge < -0.3 is 30.4 Å². The molecule has 0 amide bonds. The predicted octanol–water partition coefficient (Wildman–Crippen LogP) is 1.70. The Balaban J connectivity index is 1.58. The summed E-state index contributed by atoms with van der Waals surface area (Å²) in [6.45, 7) is 5.48. The van der Waals surface area contributed by atoms with Gasteiger partial charge in [0.15, 0.2) is 0 Å². The molecule has 4 aliphatic heterocycles. The van der Waals surface area contributed by atoms with Crippen LogP contribution in [-0.4, -0.2) is 50.8 Å². The van der Waals surface area contributed by atoms with Gasteiger partial charge in [0.05, 0.1) is 62.2 Å². The summed E-state index contributed by atoms with van der Waals surface area (Å²) < 4.78 is 22.2. The van der Waals surface area contributed by atoms with Crippen LogP contribution in [0.4, 0.5) is 11.4 Å². The van der Waals surface area contributed by atoms with Gasteiger partial charge in [-0.3, -0.25) is 0 Å². The minimum atomic E-state index is 0.310. The topological polar surface area (TPSA) is 102 Å². The van der Waals surface area contributed by atoms with E-state index >= 15 is 0 Å². The van der Waals surface area contributed by atoms with Crippen molar-refractivity contribution < 1.29 is 18.9 Å². The molecule has 4 saturated heterocycles. The van der Waals surface area contributed by atoms with Crippen molar-refractivity contribution in [1.82, 2.24) is 0 Å². The average molecular weight is 360 g/mol. The number of hydrogen-bond donors (Lipinski definition) is 2. The van der Waals surface area contributed by atoms with E-state index in [1.54, 1.807) is 0 Å². The SMILES string of the molecule is Cc1c(N)c(N)c(C(CC2CO2)CC2CO2)c(CC2CO2)c1CC1CO1. The summed E-state index contributed by atoms with van der Waals surface area (Å²) in [5, 5.41) is 0. The first-order chi connectivity index (χ1) is 12.6. The minimum absolute atomic E-state index is 0.310. The molecule has 0 aliphatic carbocycles. The second-order valence-electron chi connectivity index (χ2n) is 8.22. The number of anilines is 2. The fourth-order valence-corrected chi connectivity index (χ4v) is 4.24. The van der Waals surface area contributed by atoms with Crippen molar-refractivity contribution in [2.75, 3.05) is 37.9 Å². The molecule has 0 bridgehead atoms. The van der Waals surface area contributed by atoms with Gasteiger partial charge in [-0.2, -0.15) is 0 Å². The molecule has 0 saturated carbocycles. The molecule has 5 rings (SSSR count). The van der Waals surface area contributed by atoms with Gasteiger partial charge in [-0.05, 0) is 47.9 Å². The summed E-state index contributed by atoms with van der Waals surface area (Å²) in [5.74, 6) is 0.325. The molecule has 0 aromatic heterocycles. The van der Waals surface area contributed by atoms with Gasteiger partial charge in [-0.25, -0.2) is 0 Å². The number of ether oxygens (including phenoxy) is 4. The lowest BCUT2D eigenvalue weighted by Gasteiger charge is -2.27. The number of benzene rings is 1. The smallest absolute Gasteiger partial charge is 0.0850 e. The molecule has 4 heterocycles. The van der Waals surface area contributed by atoms with E-state index < -0.39 is 0 Å². The molecule has 4 unspecified atom stereocenters. The first-order valence-electron chi connectivity index (χ1n) is 9.75. The van der Waals surface area contributed by atoms with E-state index in [2.05, 4.69) is 6.92 Å². The minimum Gasteiger partial charge on any atom is -0.397 e. The van der Waals surface area contributed by atoms with Gasteiger partial charge in [-0.15, -0.1) is 0 Å². The molecule has 4 aliphatic rings. The first-order valence-corrected chi connectivity index (χ1v) is 9.75. The van der Waals surface area contributed by atoms with Crippen molar-refractivity contribution in [1.29, 1.82) is 0 Å². The average Bonchev–Trinajstić information content (AvgIpc) is 3.45. The highest BCUT2D eigenvalue weighted by Gasteiger charge is 2.38. The van der Waals surface area contributed by atoms with Crippen molar-refractivity contribution in [2.45, 2.75) is 62.9 Å². The fraction of sp³-hybridized carbons (Fsp3) is 0.700. The van der Waals surface area contributed by atoms with Gasteiger partial charge in [0.2, 0.25) is 0 Å². The van der Waals surface area contributed by atoms with Crippen LogP contribution in [-0.2, 0) is 31.8 Å². The Kier molecular flexibility index (Phi) is 4.12. The van der Waals surface area contributed by atoms with E-state index in [4.69, 9.17) is 30.4 Å². The van der Waals surface area contributed by atoms with Crippen LogP contribution in [0.3, 0.4) is 0 Å². The molecule has 1 aromatic carbocycles. The molecular formula is C20H28N2O4. The number of rotatable bonds is 9. The summed E-state index contributed by atoms with van der Waals surface area (Å²) in [6, 6.07) is 0. The van der Waals surface area contributed by atoms with Crippen LogP contribution in [0.5, 0.6) is 0 Å². The summed E-state index contributed by atoms with van der Waals surface area (Å²) in [5.41, 5.74) is 19.6. The van der Waals surface area contributed by atoms with Crippen LogP contribution in [0, 0.1) is 6.92 Å². The molecule has 4 fully saturated rings. The van der Waals surface area contributed by atoms with Crippen molar-refractivity contribution in [3.05, 3.63) is 22.3 Å². The predicted molar refractivity (Wildman–Crippen MR) is 98.3 cm³/mol. The zero-order valence-electron chi connectivity index (χ0n) is 15.3. The van der Waals surface area contributed by atoms with E-state index in [0.717, 1.165) is 69.0 Å². The molecule has 1 aromatic rings. The molecule has 6 heteroatoms. The normalized spacial score (nSPS) is 32.3. The summed E-state index contributed by atoms with van der Waals surface area (Å²) in [7, 11) is 0. The van der Waals surface area contributed by atoms with E-state index in [-0.39, 0.29) is 0 Å². The Morgan fingerprint density at radius 3 is 1.69 bits per heavy atom. The monoisotopic (exact) mass is 360 g/mol. The highest BCUT2D eigenvalue weighted by molar-refractivity contribution is 5.76. The zero-order valence-corrected chi connectivity index (χ0v) is 15.3. The largest absolute Gasteiger partial charge is 0.397 e. The van der Waals surface area contributed by atoms with Crippen LogP contribution in [0.2, 0.25) is 0 Å². The van der Waals surface area contributed by atoms with Gasteiger partial charge in [0, 0.05) is 12.8 Å². The third kappa shape index (κ3) is 3.56. The Labute approximate surface area is 154 Å². The summed E-state index contributed by atoms with van der Waals surface area (Å²) >= 11 is 0. The van der Waals surface area contributed by atoms with Crippen molar-refractivity contribution in [3.8, 4) is 0 Å². The molecular weight excluding hydrogens is 332 g/mol. The molecule has 0 spiro atoms. The molecule has 4 atom stereocenters. The van der Waals surface area contributed by atoms with Gasteiger partial charge in [0.25, 0.3) is 0 Å². The van der Waals surface area contributed by atoms with Crippen LogP contribution in [0.25, 0.3) is 0 Å².